The summed E-state index contributed by atoms with van der Waals surface area (Å²) in [6.07, 6.45) is -0.408. The minimum Gasteiger partial charge on any atom is -0.483 e. The topological polar surface area (TPSA) is 138 Å². The number of amides is 2. The molecule has 1 unspecified atom stereocenters. The molecule has 0 radical (unpaired) electrons. The van der Waals surface area contributed by atoms with Crippen molar-refractivity contribution in [3.05, 3.63) is 50.1 Å². The van der Waals surface area contributed by atoms with Crippen molar-refractivity contribution in [1.29, 1.82) is 0 Å². The van der Waals surface area contributed by atoms with Crippen LogP contribution in [0.15, 0.2) is 17.3 Å². The molecule has 2 heterocycles. The van der Waals surface area contributed by atoms with Gasteiger partial charge < -0.3 is 25.1 Å². The van der Waals surface area contributed by atoms with Crippen LogP contribution in [0.4, 0.5) is 5.00 Å². The zero-order chi connectivity index (χ0) is 26.7. The van der Waals surface area contributed by atoms with Gasteiger partial charge in [-0.2, -0.15) is 0 Å². The lowest BCUT2D eigenvalue weighted by Gasteiger charge is -2.16. The van der Waals surface area contributed by atoms with Gasteiger partial charge in [0.2, 0.25) is 5.91 Å². The van der Waals surface area contributed by atoms with Crippen molar-refractivity contribution in [2.45, 2.75) is 39.0 Å². The van der Waals surface area contributed by atoms with E-state index in [1.165, 1.54) is 7.11 Å². The summed E-state index contributed by atoms with van der Waals surface area (Å²) in [4.78, 5) is 36.7. The van der Waals surface area contributed by atoms with E-state index in [1.807, 2.05) is 32.9 Å². The first-order chi connectivity index (χ1) is 16.9. The predicted molar refractivity (Wildman–Crippen MR) is 139 cm³/mol. The average molecular weight is 552 g/mol. The Bertz CT molecular complexity index is 1310. The van der Waals surface area contributed by atoms with E-state index in [2.05, 4.69) is 15.5 Å². The molecule has 3 N–H and O–H groups in total. The smallest absolute Gasteiger partial charge is 0.341 e. The normalized spacial score (nSPS) is 11.8. The van der Waals surface area contributed by atoms with Crippen LogP contribution in [-0.4, -0.2) is 45.4 Å². The molecule has 0 aliphatic rings. The maximum absolute atomic E-state index is 12.6. The van der Waals surface area contributed by atoms with Crippen LogP contribution in [0.5, 0.6) is 5.75 Å². The Hall–Kier alpha value is -3.09. The summed E-state index contributed by atoms with van der Waals surface area (Å²) in [6, 6.07) is 3.72. The zero-order valence-electron chi connectivity index (χ0n) is 20.6. The second-order valence-corrected chi connectivity index (χ2v) is 10.3. The molecule has 0 bridgehead atoms. The quantitative estimate of drug-likeness (QED) is 0.298. The highest BCUT2D eigenvalue weighted by Gasteiger charge is 2.26. The first-order valence-corrected chi connectivity index (χ1v) is 12.9. The van der Waals surface area contributed by atoms with E-state index < -0.39 is 23.9 Å². The molecular weight excluding hydrogens is 526 g/mol. The van der Waals surface area contributed by atoms with E-state index in [0.717, 1.165) is 34.2 Å². The van der Waals surface area contributed by atoms with Crippen LogP contribution < -0.4 is 15.8 Å². The molecule has 10 nitrogen and oxygen atoms in total. The SMILES string of the molecule is COC(=O)c1c(NC(=O)CSc2nnc(C(C)Oc3cc(C)c(Cl)c(C)c3)n2C)sc(C(N)=O)c1C. The largest absolute Gasteiger partial charge is 0.483 e. The van der Waals surface area contributed by atoms with E-state index in [1.54, 1.807) is 18.5 Å². The second kappa shape index (κ2) is 11.3. The first-order valence-electron chi connectivity index (χ1n) is 10.7. The molecule has 0 saturated carbocycles. The second-order valence-electron chi connectivity index (χ2n) is 7.98. The van der Waals surface area contributed by atoms with Crippen LogP contribution in [0.1, 0.15) is 55.6 Å². The van der Waals surface area contributed by atoms with Gasteiger partial charge in [-0.25, -0.2) is 4.79 Å². The number of ether oxygens (including phenoxy) is 2. The van der Waals surface area contributed by atoms with E-state index in [4.69, 9.17) is 26.8 Å². The number of nitrogens with two attached hydrogens (primary N) is 1. The predicted octanol–water partition coefficient (Wildman–Crippen LogP) is 4.21. The number of methoxy groups -OCH3 is 1. The molecule has 2 aromatic heterocycles. The van der Waals surface area contributed by atoms with Gasteiger partial charge in [0.1, 0.15) is 10.8 Å². The van der Waals surface area contributed by atoms with Crippen molar-refractivity contribution in [1.82, 2.24) is 14.8 Å². The number of carbonyl (C=O) groups excluding carboxylic acids is 3. The van der Waals surface area contributed by atoms with Crippen LogP contribution in [-0.2, 0) is 16.6 Å². The number of carbonyl (C=O) groups is 3. The van der Waals surface area contributed by atoms with Gasteiger partial charge in [0.25, 0.3) is 5.91 Å². The van der Waals surface area contributed by atoms with Crippen molar-refractivity contribution in [2.24, 2.45) is 12.8 Å². The van der Waals surface area contributed by atoms with Gasteiger partial charge in [-0.15, -0.1) is 21.5 Å². The van der Waals surface area contributed by atoms with Crippen LogP contribution in [0.25, 0.3) is 0 Å². The standard InChI is InChI=1S/C23H26ClN5O5S2/c1-10-7-14(8-11(2)17(10)24)34-13(4)20-27-28-23(29(20)5)35-9-15(30)26-21-16(22(32)33-6)12(3)18(36-21)19(25)31/h7-8,13H,9H2,1-6H3,(H2,25,31)(H,26,30). The summed E-state index contributed by atoms with van der Waals surface area (Å²) in [7, 11) is 3.00. The maximum atomic E-state index is 12.6. The van der Waals surface area contributed by atoms with Crippen molar-refractivity contribution >= 4 is 57.5 Å². The Balaban J connectivity index is 1.68. The van der Waals surface area contributed by atoms with Crippen molar-refractivity contribution in [3.8, 4) is 5.75 Å². The van der Waals surface area contributed by atoms with Gasteiger partial charge in [-0.05, 0) is 56.5 Å². The molecular formula is C23H26ClN5O5S2. The Morgan fingerprint density at radius 3 is 2.44 bits per heavy atom. The number of nitrogens with one attached hydrogen (secondary N) is 1. The molecule has 0 saturated heterocycles. The highest BCUT2D eigenvalue weighted by molar-refractivity contribution is 7.99. The number of aryl methyl sites for hydroxylation is 2. The monoisotopic (exact) mass is 551 g/mol. The summed E-state index contributed by atoms with van der Waals surface area (Å²) in [6.45, 7) is 7.25. The minimum absolute atomic E-state index is 0.0136. The third kappa shape index (κ3) is 5.82. The fourth-order valence-corrected chi connectivity index (χ4v) is 5.40. The number of rotatable bonds is 9. The zero-order valence-corrected chi connectivity index (χ0v) is 23.0. The van der Waals surface area contributed by atoms with Crippen LogP contribution in [0.2, 0.25) is 5.02 Å². The Kier molecular flexibility index (Phi) is 8.64. The molecule has 1 aromatic carbocycles. The molecule has 2 amide bonds. The molecule has 192 valence electrons. The lowest BCUT2D eigenvalue weighted by atomic mass is 10.1. The Morgan fingerprint density at radius 1 is 1.22 bits per heavy atom. The highest BCUT2D eigenvalue weighted by Crippen LogP contribution is 2.34. The van der Waals surface area contributed by atoms with Crippen LogP contribution >= 0.6 is 34.7 Å². The minimum atomic E-state index is -0.690. The summed E-state index contributed by atoms with van der Waals surface area (Å²) >= 11 is 8.33. The number of thiophene rings is 1. The summed E-state index contributed by atoms with van der Waals surface area (Å²) in [5, 5.41) is 12.5. The van der Waals surface area contributed by atoms with Gasteiger partial charge in [-0.1, -0.05) is 23.4 Å². The number of aromatic nitrogens is 3. The van der Waals surface area contributed by atoms with Crippen molar-refractivity contribution < 1.29 is 23.9 Å². The Labute approximate surface area is 221 Å². The average Bonchev–Trinajstić information content (AvgIpc) is 3.34. The lowest BCUT2D eigenvalue weighted by Crippen LogP contribution is -2.16. The van der Waals surface area contributed by atoms with Crippen molar-refractivity contribution in [2.75, 3.05) is 18.2 Å². The molecule has 3 rings (SSSR count). The molecule has 0 aliphatic heterocycles. The molecule has 0 fully saturated rings. The number of hydrogen-bond donors (Lipinski definition) is 2. The third-order valence-electron chi connectivity index (χ3n) is 5.30. The summed E-state index contributed by atoms with van der Waals surface area (Å²) in [5.41, 5.74) is 7.68. The van der Waals surface area contributed by atoms with Crippen LogP contribution in [0.3, 0.4) is 0 Å². The Morgan fingerprint density at radius 2 is 1.86 bits per heavy atom. The molecule has 1 atom stereocenters. The van der Waals surface area contributed by atoms with Crippen LogP contribution in [0, 0.1) is 20.8 Å². The summed E-state index contributed by atoms with van der Waals surface area (Å²) < 4.78 is 12.6. The van der Waals surface area contributed by atoms with Gasteiger partial charge in [0.15, 0.2) is 17.1 Å². The molecule has 0 aliphatic carbocycles. The third-order valence-corrected chi connectivity index (χ3v) is 8.14. The highest BCUT2D eigenvalue weighted by atomic mass is 35.5. The van der Waals surface area contributed by atoms with Gasteiger partial charge >= 0.3 is 5.97 Å². The number of hydrogen-bond acceptors (Lipinski definition) is 9. The van der Waals surface area contributed by atoms with Gasteiger partial charge in [-0.3, -0.25) is 9.59 Å². The first kappa shape index (κ1) is 27.5. The number of benzene rings is 1. The molecule has 3 aromatic rings. The van der Waals surface area contributed by atoms with E-state index in [9.17, 15) is 14.4 Å². The number of primary amides is 1. The number of esters is 1. The fourth-order valence-electron chi connectivity index (χ4n) is 3.51. The molecule has 0 spiro atoms. The number of thioether (sulfide) groups is 1. The number of anilines is 1. The number of halogens is 1. The molecule has 13 heteroatoms. The van der Waals surface area contributed by atoms with Gasteiger partial charge in [0, 0.05) is 12.1 Å². The van der Waals surface area contributed by atoms with E-state index in [0.29, 0.717) is 27.3 Å². The maximum Gasteiger partial charge on any atom is 0.341 e. The van der Waals surface area contributed by atoms with E-state index >= 15 is 0 Å². The van der Waals surface area contributed by atoms with Gasteiger partial charge in [0.05, 0.1) is 23.3 Å². The van der Waals surface area contributed by atoms with Crippen molar-refractivity contribution in [3.63, 3.8) is 0 Å². The fraction of sp³-hybridized carbons (Fsp3) is 0.348. The summed E-state index contributed by atoms with van der Waals surface area (Å²) in [5.74, 6) is -0.525. The lowest BCUT2D eigenvalue weighted by molar-refractivity contribution is -0.113. The van der Waals surface area contributed by atoms with E-state index in [-0.39, 0.29) is 21.2 Å². The molecule has 36 heavy (non-hydrogen) atoms. The number of nitrogens with zero attached hydrogens (tertiary/aromatic N) is 3.